The van der Waals surface area contributed by atoms with Gasteiger partial charge in [-0.15, -0.1) is 0 Å². The van der Waals surface area contributed by atoms with E-state index in [9.17, 15) is 9.59 Å². The molecule has 1 fully saturated rings. The summed E-state index contributed by atoms with van der Waals surface area (Å²) in [4.78, 5) is 31.3. The molecule has 2 heterocycles. The Morgan fingerprint density at radius 2 is 1.74 bits per heavy atom. The highest BCUT2D eigenvalue weighted by molar-refractivity contribution is 7.99. The minimum Gasteiger partial charge on any atom is -0.379 e. The SMILES string of the molecule is Cn1ccnc1SCC(=O)Nc1ccc(C(=O)NCc2ccc(CN3CCOCC3)cc2)cc1. The van der Waals surface area contributed by atoms with Gasteiger partial charge in [-0.05, 0) is 35.4 Å². The van der Waals surface area contributed by atoms with Crippen LogP contribution < -0.4 is 10.6 Å². The number of amides is 2. The second-order valence-corrected chi connectivity index (χ2v) is 9.07. The number of carbonyl (C=O) groups is 2. The fraction of sp³-hybridized carbons (Fsp3) is 0.320. The van der Waals surface area contributed by atoms with E-state index in [2.05, 4.69) is 44.8 Å². The van der Waals surface area contributed by atoms with Gasteiger partial charge in [0.15, 0.2) is 5.16 Å². The zero-order valence-corrected chi connectivity index (χ0v) is 20.0. The lowest BCUT2D eigenvalue weighted by Crippen LogP contribution is -2.35. The van der Waals surface area contributed by atoms with Gasteiger partial charge in [-0.3, -0.25) is 14.5 Å². The van der Waals surface area contributed by atoms with E-state index in [-0.39, 0.29) is 17.6 Å². The van der Waals surface area contributed by atoms with E-state index in [0.29, 0.717) is 17.8 Å². The Morgan fingerprint density at radius 1 is 1.03 bits per heavy atom. The predicted octanol–water partition coefficient (Wildman–Crippen LogP) is 2.91. The van der Waals surface area contributed by atoms with Crippen LogP contribution in [0.4, 0.5) is 5.69 Å². The first-order valence-electron chi connectivity index (χ1n) is 11.2. The summed E-state index contributed by atoms with van der Waals surface area (Å²) in [5, 5.41) is 6.58. The van der Waals surface area contributed by atoms with E-state index >= 15 is 0 Å². The summed E-state index contributed by atoms with van der Waals surface area (Å²) in [7, 11) is 1.89. The maximum Gasteiger partial charge on any atom is 0.251 e. The summed E-state index contributed by atoms with van der Waals surface area (Å²) >= 11 is 1.37. The lowest BCUT2D eigenvalue weighted by molar-refractivity contribution is -0.113. The van der Waals surface area contributed by atoms with Crippen molar-refractivity contribution in [2.45, 2.75) is 18.2 Å². The first kappa shape index (κ1) is 24.0. The Morgan fingerprint density at radius 3 is 2.41 bits per heavy atom. The van der Waals surface area contributed by atoms with Crippen molar-refractivity contribution < 1.29 is 14.3 Å². The summed E-state index contributed by atoms with van der Waals surface area (Å²) in [6, 6.07) is 15.2. The average molecular weight is 480 g/mol. The standard InChI is InChI=1S/C25H29N5O3S/c1-29-11-10-26-25(29)34-18-23(31)28-22-8-6-21(7-9-22)24(32)27-16-19-2-4-20(5-3-19)17-30-12-14-33-15-13-30/h2-11H,12-18H2,1H3,(H,27,32)(H,28,31). The monoisotopic (exact) mass is 479 g/mol. The van der Waals surface area contributed by atoms with Crippen LogP contribution >= 0.6 is 11.8 Å². The maximum absolute atomic E-state index is 12.5. The Bertz CT molecular complexity index is 1090. The predicted molar refractivity (Wildman–Crippen MR) is 133 cm³/mol. The van der Waals surface area contributed by atoms with Crippen LogP contribution in [-0.4, -0.2) is 58.3 Å². The van der Waals surface area contributed by atoms with E-state index < -0.39 is 0 Å². The van der Waals surface area contributed by atoms with Crippen LogP contribution in [0, 0.1) is 0 Å². The quantitative estimate of drug-likeness (QED) is 0.459. The van der Waals surface area contributed by atoms with Crippen molar-refractivity contribution >= 4 is 29.3 Å². The van der Waals surface area contributed by atoms with Crippen LogP contribution in [0.1, 0.15) is 21.5 Å². The van der Waals surface area contributed by atoms with Crippen molar-refractivity contribution in [3.63, 3.8) is 0 Å². The van der Waals surface area contributed by atoms with Crippen LogP contribution in [0.25, 0.3) is 0 Å². The van der Waals surface area contributed by atoms with Crippen molar-refractivity contribution in [1.29, 1.82) is 0 Å². The normalized spacial score (nSPS) is 14.0. The van der Waals surface area contributed by atoms with E-state index in [1.807, 2.05) is 17.8 Å². The largest absolute Gasteiger partial charge is 0.379 e. The molecule has 2 amide bonds. The molecule has 1 saturated heterocycles. The van der Waals surface area contributed by atoms with Crippen molar-refractivity contribution in [3.8, 4) is 0 Å². The Kier molecular flexibility index (Phi) is 8.35. The number of nitrogens with zero attached hydrogens (tertiary/aromatic N) is 3. The number of ether oxygens (including phenoxy) is 1. The number of hydrogen-bond donors (Lipinski definition) is 2. The molecule has 0 unspecified atom stereocenters. The molecule has 0 bridgehead atoms. The molecule has 0 saturated carbocycles. The topological polar surface area (TPSA) is 88.5 Å². The van der Waals surface area contributed by atoms with E-state index in [1.54, 1.807) is 30.5 Å². The molecule has 34 heavy (non-hydrogen) atoms. The lowest BCUT2D eigenvalue weighted by Gasteiger charge is -2.26. The molecular weight excluding hydrogens is 450 g/mol. The van der Waals surface area contributed by atoms with Gasteiger partial charge in [0.05, 0.1) is 19.0 Å². The third-order valence-corrected chi connectivity index (χ3v) is 6.58. The number of anilines is 1. The number of hydrogen-bond acceptors (Lipinski definition) is 6. The van der Waals surface area contributed by atoms with Crippen LogP contribution in [0.15, 0.2) is 66.1 Å². The highest BCUT2D eigenvalue weighted by Gasteiger charge is 2.11. The van der Waals surface area contributed by atoms with Gasteiger partial charge in [0.2, 0.25) is 5.91 Å². The zero-order chi connectivity index (χ0) is 23.8. The molecule has 2 N–H and O–H groups in total. The summed E-state index contributed by atoms with van der Waals surface area (Å²) in [5.41, 5.74) is 3.50. The third kappa shape index (κ3) is 6.93. The number of carbonyl (C=O) groups excluding carboxylic acids is 2. The molecule has 0 aliphatic carbocycles. The van der Waals surface area contributed by atoms with Gasteiger partial charge >= 0.3 is 0 Å². The Balaban J connectivity index is 1.21. The molecule has 1 aromatic heterocycles. The van der Waals surface area contributed by atoms with E-state index in [0.717, 1.165) is 43.6 Å². The van der Waals surface area contributed by atoms with E-state index in [1.165, 1.54) is 17.3 Å². The molecule has 1 aliphatic rings. The number of aromatic nitrogens is 2. The van der Waals surface area contributed by atoms with Crippen molar-refractivity contribution in [1.82, 2.24) is 19.8 Å². The molecule has 1 aliphatic heterocycles. The molecule has 0 atom stereocenters. The highest BCUT2D eigenvalue weighted by atomic mass is 32.2. The Labute approximate surface area is 203 Å². The van der Waals surface area contributed by atoms with E-state index in [4.69, 9.17) is 4.74 Å². The van der Waals surface area contributed by atoms with Crippen LogP contribution in [0.2, 0.25) is 0 Å². The van der Waals surface area contributed by atoms with Crippen LogP contribution in [0.5, 0.6) is 0 Å². The van der Waals surface area contributed by atoms with Crippen molar-refractivity contribution in [2.24, 2.45) is 7.05 Å². The van der Waals surface area contributed by atoms with Crippen LogP contribution in [0.3, 0.4) is 0 Å². The van der Waals surface area contributed by atoms with Gasteiger partial charge in [-0.1, -0.05) is 36.0 Å². The third-order valence-electron chi connectivity index (χ3n) is 5.53. The lowest BCUT2D eigenvalue weighted by atomic mass is 10.1. The second kappa shape index (κ2) is 11.8. The van der Waals surface area contributed by atoms with Crippen molar-refractivity contribution in [2.75, 3.05) is 37.4 Å². The van der Waals surface area contributed by atoms with Gasteiger partial charge in [0.25, 0.3) is 5.91 Å². The minimum atomic E-state index is -0.152. The van der Waals surface area contributed by atoms with Gasteiger partial charge in [0.1, 0.15) is 0 Å². The molecule has 0 radical (unpaired) electrons. The number of nitrogens with one attached hydrogen (secondary N) is 2. The summed E-state index contributed by atoms with van der Waals surface area (Å²) in [6.07, 6.45) is 3.54. The smallest absolute Gasteiger partial charge is 0.251 e. The molecular formula is C25H29N5O3S. The summed E-state index contributed by atoms with van der Waals surface area (Å²) in [6.45, 7) is 4.89. The highest BCUT2D eigenvalue weighted by Crippen LogP contribution is 2.16. The maximum atomic E-state index is 12.5. The van der Waals surface area contributed by atoms with Crippen LogP contribution in [-0.2, 0) is 29.7 Å². The molecule has 4 rings (SSSR count). The molecule has 178 valence electrons. The molecule has 3 aromatic rings. The zero-order valence-electron chi connectivity index (χ0n) is 19.2. The van der Waals surface area contributed by atoms with Gasteiger partial charge < -0.3 is 19.9 Å². The Hall–Kier alpha value is -3.14. The summed E-state index contributed by atoms with van der Waals surface area (Å²) in [5.74, 6) is -0.0129. The first-order valence-corrected chi connectivity index (χ1v) is 12.2. The number of aryl methyl sites for hydroxylation is 1. The van der Waals surface area contributed by atoms with Gasteiger partial charge in [-0.25, -0.2) is 4.98 Å². The number of thioether (sulfide) groups is 1. The molecule has 9 heteroatoms. The molecule has 0 spiro atoms. The molecule has 2 aromatic carbocycles. The molecule has 8 nitrogen and oxygen atoms in total. The minimum absolute atomic E-state index is 0.123. The van der Waals surface area contributed by atoms with Gasteiger partial charge in [0, 0.05) is 56.9 Å². The average Bonchev–Trinajstić information content (AvgIpc) is 3.28. The number of imidazole rings is 1. The fourth-order valence-electron chi connectivity index (χ4n) is 3.59. The fourth-order valence-corrected chi connectivity index (χ4v) is 4.32. The number of rotatable bonds is 9. The summed E-state index contributed by atoms with van der Waals surface area (Å²) < 4.78 is 7.26. The van der Waals surface area contributed by atoms with Gasteiger partial charge in [-0.2, -0.15) is 0 Å². The second-order valence-electron chi connectivity index (χ2n) is 8.12. The van der Waals surface area contributed by atoms with Crippen molar-refractivity contribution in [3.05, 3.63) is 77.6 Å². The number of benzene rings is 2. The number of morpholine rings is 1. The first-order chi connectivity index (χ1) is 16.6.